The molecule has 55 heavy (non-hydrogen) atoms. The predicted octanol–water partition coefficient (Wildman–Crippen LogP) is 14.3. The maximum Gasteiger partial charge on any atom is 0.0714 e. The lowest BCUT2D eigenvalue weighted by molar-refractivity contribution is 0.768. The van der Waals surface area contributed by atoms with Crippen molar-refractivity contribution in [1.29, 1.82) is 0 Å². The summed E-state index contributed by atoms with van der Waals surface area (Å²) in [5, 5.41) is 2.45. The molecule has 0 bridgehead atoms. The molecule has 0 N–H and O–H groups in total. The fraction of sp³-hybridized carbons (Fsp3) is 0.0370. The van der Waals surface area contributed by atoms with Gasteiger partial charge >= 0.3 is 0 Å². The molecule has 1 nitrogen and oxygen atoms in total. The minimum absolute atomic E-state index is 0.517. The number of rotatable bonds is 7. The zero-order chi connectivity index (χ0) is 36.8. The van der Waals surface area contributed by atoms with Crippen LogP contribution in [0.25, 0.3) is 44.2 Å². The summed E-state index contributed by atoms with van der Waals surface area (Å²) in [6.45, 7) is 2.23. The Kier molecular flexibility index (Phi) is 8.00. The number of fused-ring (bicyclic) bond motifs is 4. The van der Waals surface area contributed by atoms with E-state index in [9.17, 15) is 0 Å². The third kappa shape index (κ3) is 5.23. The molecule has 260 valence electrons. The topological polar surface area (TPSA) is 3.24 Å². The van der Waals surface area contributed by atoms with Gasteiger partial charge in [-0.25, -0.2) is 0 Å². The smallest absolute Gasteiger partial charge is 0.0714 e. The van der Waals surface area contributed by atoms with Crippen LogP contribution in [-0.2, 0) is 5.41 Å². The van der Waals surface area contributed by atoms with Crippen LogP contribution in [0.5, 0.6) is 0 Å². The number of para-hydroxylation sites is 1. The second-order valence-corrected chi connectivity index (χ2v) is 14.5. The van der Waals surface area contributed by atoms with Crippen molar-refractivity contribution in [2.24, 2.45) is 0 Å². The zero-order valence-corrected chi connectivity index (χ0v) is 30.7. The van der Waals surface area contributed by atoms with E-state index >= 15 is 0 Å². The first-order valence-electron chi connectivity index (χ1n) is 19.1. The molecule has 0 aliphatic heterocycles. The molecule has 0 unspecified atom stereocenters. The standard InChI is InChI=1S/C54H39N/c1-38-19-11-13-27-44(38)53-46-29-14-12-22-40(46)33-36-52(53)55(51-32-18-16-28-45(51)39-20-5-2-6-21-39)43-34-35-48-47-30-15-17-31-49(47)54(50(48)37-43,41-23-7-3-8-24-41)42-25-9-4-10-26-42/h2-37H,1H3. The van der Waals surface area contributed by atoms with Crippen LogP contribution in [0.2, 0.25) is 0 Å². The fourth-order valence-corrected chi connectivity index (χ4v) is 9.09. The summed E-state index contributed by atoms with van der Waals surface area (Å²) in [6.07, 6.45) is 0. The first-order chi connectivity index (χ1) is 27.2. The molecular weight excluding hydrogens is 663 g/mol. The van der Waals surface area contributed by atoms with Crippen molar-refractivity contribution in [2.45, 2.75) is 12.3 Å². The molecule has 0 saturated carbocycles. The Bertz CT molecular complexity index is 2780. The number of hydrogen-bond acceptors (Lipinski definition) is 1. The molecule has 0 spiro atoms. The van der Waals surface area contributed by atoms with E-state index in [1.54, 1.807) is 0 Å². The van der Waals surface area contributed by atoms with Crippen LogP contribution >= 0.6 is 0 Å². The molecular formula is C54H39N. The Morgan fingerprint density at radius 3 is 1.67 bits per heavy atom. The summed E-state index contributed by atoms with van der Waals surface area (Å²) in [4.78, 5) is 2.51. The van der Waals surface area contributed by atoms with E-state index in [1.165, 1.54) is 72.0 Å². The molecule has 1 heteroatoms. The fourth-order valence-electron chi connectivity index (χ4n) is 9.09. The molecule has 0 atom stereocenters. The summed E-state index contributed by atoms with van der Waals surface area (Å²) in [7, 11) is 0. The van der Waals surface area contributed by atoms with Crippen LogP contribution < -0.4 is 4.90 Å². The molecule has 1 aliphatic carbocycles. The summed E-state index contributed by atoms with van der Waals surface area (Å²) in [6, 6.07) is 80.2. The van der Waals surface area contributed by atoms with Crippen LogP contribution in [0.15, 0.2) is 218 Å². The average molecular weight is 702 g/mol. The van der Waals surface area contributed by atoms with Gasteiger partial charge in [-0.05, 0) is 92.0 Å². The minimum atomic E-state index is -0.517. The third-order valence-corrected chi connectivity index (χ3v) is 11.5. The lowest BCUT2D eigenvalue weighted by Crippen LogP contribution is -2.28. The first kappa shape index (κ1) is 32.7. The van der Waals surface area contributed by atoms with Crippen molar-refractivity contribution in [1.82, 2.24) is 0 Å². The maximum absolute atomic E-state index is 2.51. The van der Waals surface area contributed by atoms with Crippen LogP contribution in [0.1, 0.15) is 27.8 Å². The van der Waals surface area contributed by atoms with E-state index in [0.717, 1.165) is 17.1 Å². The van der Waals surface area contributed by atoms with E-state index in [-0.39, 0.29) is 0 Å². The molecule has 0 aromatic heterocycles. The summed E-state index contributed by atoms with van der Waals surface area (Å²) in [5.74, 6) is 0. The van der Waals surface area contributed by atoms with Gasteiger partial charge in [-0.1, -0.05) is 194 Å². The zero-order valence-electron chi connectivity index (χ0n) is 30.7. The average Bonchev–Trinajstić information content (AvgIpc) is 3.55. The van der Waals surface area contributed by atoms with E-state index in [2.05, 4.69) is 230 Å². The number of anilines is 3. The number of nitrogens with zero attached hydrogens (tertiary/aromatic N) is 1. The highest BCUT2D eigenvalue weighted by atomic mass is 15.1. The van der Waals surface area contributed by atoms with Crippen molar-refractivity contribution >= 4 is 27.8 Å². The molecule has 0 heterocycles. The van der Waals surface area contributed by atoms with Crippen molar-refractivity contribution in [3.63, 3.8) is 0 Å². The lowest BCUT2D eigenvalue weighted by atomic mass is 9.67. The number of benzene rings is 9. The van der Waals surface area contributed by atoms with Crippen LogP contribution in [0.3, 0.4) is 0 Å². The monoisotopic (exact) mass is 701 g/mol. The Labute approximate surface area is 323 Å². The van der Waals surface area contributed by atoms with Crippen molar-refractivity contribution in [2.75, 3.05) is 4.90 Å². The van der Waals surface area contributed by atoms with Gasteiger partial charge < -0.3 is 4.90 Å². The summed E-state index contributed by atoms with van der Waals surface area (Å²) in [5.41, 5.74) is 16.5. The highest BCUT2D eigenvalue weighted by molar-refractivity contribution is 6.07. The van der Waals surface area contributed by atoms with E-state index in [4.69, 9.17) is 0 Å². The second-order valence-electron chi connectivity index (χ2n) is 14.5. The van der Waals surface area contributed by atoms with Gasteiger partial charge in [0, 0.05) is 16.8 Å². The Morgan fingerprint density at radius 2 is 0.945 bits per heavy atom. The minimum Gasteiger partial charge on any atom is -0.309 e. The van der Waals surface area contributed by atoms with Gasteiger partial charge in [0.05, 0.1) is 16.8 Å². The third-order valence-electron chi connectivity index (χ3n) is 11.5. The molecule has 10 rings (SSSR count). The SMILES string of the molecule is Cc1ccccc1-c1c(N(c2ccc3c(c2)C(c2ccccc2)(c2ccccc2)c2ccccc2-3)c2ccccc2-c2ccccc2)ccc2ccccc12. The molecule has 0 fully saturated rings. The molecule has 0 saturated heterocycles. The molecule has 0 amide bonds. The lowest BCUT2D eigenvalue weighted by Gasteiger charge is -2.35. The van der Waals surface area contributed by atoms with Crippen LogP contribution in [0, 0.1) is 6.92 Å². The quantitative estimate of drug-likeness (QED) is 0.160. The molecule has 9 aromatic rings. The maximum atomic E-state index is 2.51. The summed E-state index contributed by atoms with van der Waals surface area (Å²) >= 11 is 0. The Morgan fingerprint density at radius 1 is 0.382 bits per heavy atom. The first-order valence-corrected chi connectivity index (χ1v) is 19.1. The van der Waals surface area contributed by atoms with Gasteiger partial charge in [0.2, 0.25) is 0 Å². The summed E-state index contributed by atoms with van der Waals surface area (Å²) < 4.78 is 0. The van der Waals surface area contributed by atoms with Gasteiger partial charge in [-0.2, -0.15) is 0 Å². The Hall–Kier alpha value is -6.96. The van der Waals surface area contributed by atoms with Gasteiger partial charge in [-0.3, -0.25) is 0 Å². The molecule has 1 aliphatic rings. The van der Waals surface area contributed by atoms with Crippen molar-refractivity contribution in [3.8, 4) is 33.4 Å². The van der Waals surface area contributed by atoms with Gasteiger partial charge in [0.15, 0.2) is 0 Å². The molecule has 9 aromatic carbocycles. The predicted molar refractivity (Wildman–Crippen MR) is 232 cm³/mol. The van der Waals surface area contributed by atoms with Gasteiger partial charge in [0.25, 0.3) is 0 Å². The van der Waals surface area contributed by atoms with Crippen LogP contribution in [-0.4, -0.2) is 0 Å². The molecule has 0 radical (unpaired) electrons. The number of hydrogen-bond donors (Lipinski definition) is 0. The van der Waals surface area contributed by atoms with Crippen LogP contribution in [0.4, 0.5) is 17.1 Å². The van der Waals surface area contributed by atoms with Gasteiger partial charge in [-0.15, -0.1) is 0 Å². The van der Waals surface area contributed by atoms with Crippen molar-refractivity contribution < 1.29 is 0 Å². The van der Waals surface area contributed by atoms with E-state index in [1.807, 2.05) is 0 Å². The Balaban J connectivity index is 1.33. The van der Waals surface area contributed by atoms with Crippen molar-refractivity contribution in [3.05, 3.63) is 246 Å². The largest absolute Gasteiger partial charge is 0.309 e. The highest BCUT2D eigenvalue weighted by Crippen LogP contribution is 2.58. The van der Waals surface area contributed by atoms with Gasteiger partial charge in [0.1, 0.15) is 0 Å². The van der Waals surface area contributed by atoms with E-state index in [0.29, 0.717) is 0 Å². The van der Waals surface area contributed by atoms with E-state index < -0.39 is 5.41 Å². The highest BCUT2D eigenvalue weighted by Gasteiger charge is 2.46. The second kappa shape index (κ2) is 13.5. The number of aryl methyl sites for hydroxylation is 1. The normalized spacial score (nSPS) is 12.6.